The molecule has 0 aromatic heterocycles. The Morgan fingerprint density at radius 3 is 2.81 bits per heavy atom. The summed E-state index contributed by atoms with van der Waals surface area (Å²) < 4.78 is 0. The van der Waals surface area contributed by atoms with E-state index in [-0.39, 0.29) is 5.91 Å². The second-order valence-corrected chi connectivity index (χ2v) is 5.15. The molecule has 2 fully saturated rings. The number of likely N-dealkylation sites (N-methyl/N-ethyl adjacent to an activating group) is 1. The standard InChI is InChI=1S/C12H23N3O/c1-3-9-6-13-7-11(9)15(2)8-12(16)14-10-4-5-10/h9-11,13H,3-8H2,1-2H3,(H,14,16). The topological polar surface area (TPSA) is 44.4 Å². The van der Waals surface area contributed by atoms with Gasteiger partial charge in [0.25, 0.3) is 0 Å². The van der Waals surface area contributed by atoms with Crippen LogP contribution in [0, 0.1) is 5.92 Å². The van der Waals surface area contributed by atoms with Gasteiger partial charge in [0, 0.05) is 18.6 Å². The van der Waals surface area contributed by atoms with Crippen molar-refractivity contribution in [1.82, 2.24) is 15.5 Å². The molecule has 2 unspecified atom stereocenters. The lowest BCUT2D eigenvalue weighted by atomic mass is 10.00. The molecule has 2 atom stereocenters. The summed E-state index contributed by atoms with van der Waals surface area (Å²) in [5.74, 6) is 0.880. The van der Waals surface area contributed by atoms with E-state index in [1.165, 1.54) is 6.42 Å². The molecule has 0 aromatic rings. The molecule has 0 radical (unpaired) electrons. The molecule has 1 saturated heterocycles. The second-order valence-electron chi connectivity index (χ2n) is 5.15. The minimum absolute atomic E-state index is 0.187. The summed E-state index contributed by atoms with van der Waals surface area (Å²) in [6, 6.07) is 1.000. The Morgan fingerprint density at radius 1 is 1.44 bits per heavy atom. The first kappa shape index (κ1) is 11.9. The lowest BCUT2D eigenvalue weighted by molar-refractivity contribution is -0.122. The third-order valence-corrected chi connectivity index (χ3v) is 3.73. The molecule has 1 aliphatic heterocycles. The molecule has 1 saturated carbocycles. The van der Waals surface area contributed by atoms with Gasteiger partial charge in [0.05, 0.1) is 6.54 Å². The monoisotopic (exact) mass is 225 g/mol. The zero-order valence-electron chi connectivity index (χ0n) is 10.3. The minimum atomic E-state index is 0.187. The Kier molecular flexibility index (Phi) is 3.82. The third kappa shape index (κ3) is 2.95. The highest BCUT2D eigenvalue weighted by atomic mass is 16.2. The van der Waals surface area contributed by atoms with Gasteiger partial charge in [-0.3, -0.25) is 9.69 Å². The van der Waals surface area contributed by atoms with Crippen molar-refractivity contribution in [2.45, 2.75) is 38.3 Å². The van der Waals surface area contributed by atoms with Crippen LogP contribution < -0.4 is 10.6 Å². The average molecular weight is 225 g/mol. The normalized spacial score (nSPS) is 29.7. The summed E-state index contributed by atoms with van der Waals surface area (Å²) in [7, 11) is 2.06. The molecule has 0 bridgehead atoms. The molecule has 0 spiro atoms. The molecule has 4 nitrogen and oxygen atoms in total. The van der Waals surface area contributed by atoms with Crippen LogP contribution in [0.1, 0.15) is 26.2 Å². The number of nitrogens with zero attached hydrogens (tertiary/aromatic N) is 1. The highest BCUT2D eigenvalue weighted by Crippen LogP contribution is 2.19. The van der Waals surface area contributed by atoms with E-state index in [1.54, 1.807) is 0 Å². The minimum Gasteiger partial charge on any atom is -0.352 e. The SMILES string of the molecule is CCC1CNCC1N(C)CC(=O)NC1CC1. The van der Waals surface area contributed by atoms with Gasteiger partial charge in [0.2, 0.25) is 5.91 Å². The van der Waals surface area contributed by atoms with Crippen LogP contribution in [0.5, 0.6) is 0 Å². The van der Waals surface area contributed by atoms with E-state index >= 15 is 0 Å². The summed E-state index contributed by atoms with van der Waals surface area (Å²) in [5.41, 5.74) is 0. The van der Waals surface area contributed by atoms with Crippen molar-refractivity contribution in [3.63, 3.8) is 0 Å². The fourth-order valence-electron chi connectivity index (χ4n) is 2.50. The van der Waals surface area contributed by atoms with Gasteiger partial charge in [-0.05, 0) is 32.4 Å². The quantitative estimate of drug-likeness (QED) is 0.702. The Balaban J connectivity index is 1.76. The molecular weight excluding hydrogens is 202 g/mol. The fourth-order valence-corrected chi connectivity index (χ4v) is 2.50. The first-order chi connectivity index (χ1) is 7.70. The van der Waals surface area contributed by atoms with E-state index in [9.17, 15) is 4.79 Å². The summed E-state index contributed by atoms with van der Waals surface area (Å²) in [5, 5.41) is 6.45. The van der Waals surface area contributed by atoms with Gasteiger partial charge in [-0.2, -0.15) is 0 Å². The van der Waals surface area contributed by atoms with Crippen LogP contribution in [0.25, 0.3) is 0 Å². The number of hydrogen-bond acceptors (Lipinski definition) is 3. The second kappa shape index (κ2) is 5.15. The maximum Gasteiger partial charge on any atom is 0.234 e. The van der Waals surface area contributed by atoms with Crippen LogP contribution >= 0.6 is 0 Å². The third-order valence-electron chi connectivity index (χ3n) is 3.73. The molecule has 1 heterocycles. The van der Waals surface area contributed by atoms with E-state index in [0.717, 1.165) is 25.9 Å². The van der Waals surface area contributed by atoms with E-state index in [2.05, 4.69) is 29.5 Å². The van der Waals surface area contributed by atoms with Crippen LogP contribution in [0.4, 0.5) is 0 Å². The Labute approximate surface area is 97.8 Å². The molecule has 4 heteroatoms. The molecule has 2 N–H and O–H groups in total. The molecule has 2 rings (SSSR count). The maximum atomic E-state index is 11.7. The summed E-state index contributed by atoms with van der Waals surface area (Å²) in [6.07, 6.45) is 3.52. The Hall–Kier alpha value is -0.610. The van der Waals surface area contributed by atoms with Crippen LogP contribution in [0.3, 0.4) is 0 Å². The van der Waals surface area contributed by atoms with Gasteiger partial charge in [-0.15, -0.1) is 0 Å². The predicted molar refractivity (Wildman–Crippen MR) is 64.2 cm³/mol. The first-order valence-corrected chi connectivity index (χ1v) is 6.41. The highest BCUT2D eigenvalue weighted by Gasteiger charge is 2.30. The van der Waals surface area contributed by atoms with Crippen molar-refractivity contribution in [3.8, 4) is 0 Å². The zero-order chi connectivity index (χ0) is 11.5. The van der Waals surface area contributed by atoms with Crippen LogP contribution in [0.2, 0.25) is 0 Å². The predicted octanol–water partition coefficient (Wildman–Crippen LogP) is 0.195. The first-order valence-electron chi connectivity index (χ1n) is 6.41. The number of carbonyl (C=O) groups excluding carboxylic acids is 1. The van der Waals surface area contributed by atoms with Crippen LogP contribution in [-0.4, -0.2) is 49.6 Å². The van der Waals surface area contributed by atoms with Gasteiger partial charge < -0.3 is 10.6 Å². The van der Waals surface area contributed by atoms with Crippen LogP contribution in [0.15, 0.2) is 0 Å². The van der Waals surface area contributed by atoms with Crippen molar-refractivity contribution < 1.29 is 4.79 Å². The highest BCUT2D eigenvalue weighted by molar-refractivity contribution is 5.78. The van der Waals surface area contributed by atoms with Crippen molar-refractivity contribution in [2.75, 3.05) is 26.7 Å². The molecule has 1 aliphatic carbocycles. The Bertz CT molecular complexity index is 253. The van der Waals surface area contributed by atoms with E-state index in [4.69, 9.17) is 0 Å². The average Bonchev–Trinajstić information content (AvgIpc) is 2.93. The smallest absolute Gasteiger partial charge is 0.234 e. The van der Waals surface area contributed by atoms with E-state index in [0.29, 0.717) is 24.5 Å². The molecule has 2 aliphatic rings. The lowest BCUT2D eigenvalue weighted by Gasteiger charge is -2.27. The summed E-state index contributed by atoms with van der Waals surface area (Å²) in [6.45, 7) is 4.88. The van der Waals surface area contributed by atoms with Crippen molar-refractivity contribution in [1.29, 1.82) is 0 Å². The largest absolute Gasteiger partial charge is 0.352 e. The molecular formula is C12H23N3O. The van der Waals surface area contributed by atoms with E-state index < -0.39 is 0 Å². The van der Waals surface area contributed by atoms with Gasteiger partial charge in [0.15, 0.2) is 0 Å². The number of amides is 1. The van der Waals surface area contributed by atoms with Crippen LogP contribution in [-0.2, 0) is 4.79 Å². The molecule has 0 aromatic carbocycles. The fraction of sp³-hybridized carbons (Fsp3) is 0.917. The molecule has 92 valence electrons. The Morgan fingerprint density at radius 2 is 2.19 bits per heavy atom. The van der Waals surface area contributed by atoms with Crippen molar-refractivity contribution in [3.05, 3.63) is 0 Å². The van der Waals surface area contributed by atoms with Crippen molar-refractivity contribution in [2.24, 2.45) is 5.92 Å². The van der Waals surface area contributed by atoms with Gasteiger partial charge in [-0.1, -0.05) is 13.3 Å². The number of nitrogens with one attached hydrogen (secondary N) is 2. The zero-order valence-corrected chi connectivity index (χ0v) is 10.3. The maximum absolute atomic E-state index is 11.7. The number of rotatable bonds is 5. The van der Waals surface area contributed by atoms with E-state index in [1.807, 2.05) is 0 Å². The molecule has 1 amide bonds. The molecule has 16 heavy (non-hydrogen) atoms. The summed E-state index contributed by atoms with van der Waals surface area (Å²) >= 11 is 0. The van der Waals surface area contributed by atoms with Crippen molar-refractivity contribution >= 4 is 5.91 Å². The van der Waals surface area contributed by atoms with Gasteiger partial charge in [-0.25, -0.2) is 0 Å². The van der Waals surface area contributed by atoms with Gasteiger partial charge >= 0.3 is 0 Å². The number of hydrogen-bond donors (Lipinski definition) is 2. The summed E-state index contributed by atoms with van der Waals surface area (Å²) in [4.78, 5) is 13.9. The lowest BCUT2D eigenvalue weighted by Crippen LogP contribution is -2.44. The van der Waals surface area contributed by atoms with Gasteiger partial charge in [0.1, 0.15) is 0 Å². The number of carbonyl (C=O) groups is 1.